The van der Waals surface area contributed by atoms with Crippen molar-refractivity contribution < 1.29 is 9.53 Å². The first-order valence-electron chi connectivity index (χ1n) is 7.05. The number of benzene rings is 1. The summed E-state index contributed by atoms with van der Waals surface area (Å²) in [7, 11) is 0. The summed E-state index contributed by atoms with van der Waals surface area (Å²) in [6, 6.07) is 5.38. The summed E-state index contributed by atoms with van der Waals surface area (Å²) in [4.78, 5) is 14.3. The fraction of sp³-hybridized carbons (Fsp3) is 0.533. The number of rotatable bonds is 8. The number of hydrogen-bond acceptors (Lipinski definition) is 3. The van der Waals surface area contributed by atoms with Gasteiger partial charge < -0.3 is 15.0 Å². The summed E-state index contributed by atoms with van der Waals surface area (Å²) >= 11 is 3.42. The van der Waals surface area contributed by atoms with Gasteiger partial charge in [0.1, 0.15) is 5.75 Å². The Balaban J connectivity index is 2.53. The Morgan fingerprint density at radius 1 is 1.30 bits per heavy atom. The molecule has 0 aliphatic carbocycles. The molecule has 1 aromatic carbocycles. The number of carbonyl (C=O) groups is 1. The van der Waals surface area contributed by atoms with Crippen molar-refractivity contribution in [1.29, 1.82) is 0 Å². The van der Waals surface area contributed by atoms with Crippen LogP contribution in [0.2, 0.25) is 0 Å². The van der Waals surface area contributed by atoms with Crippen molar-refractivity contribution in [2.75, 3.05) is 32.8 Å². The quantitative estimate of drug-likeness (QED) is 0.789. The highest BCUT2D eigenvalue weighted by molar-refractivity contribution is 9.10. The molecule has 0 atom stereocenters. The molecule has 0 saturated carbocycles. The maximum absolute atomic E-state index is 12.0. The van der Waals surface area contributed by atoms with Crippen molar-refractivity contribution in [2.24, 2.45) is 0 Å². The maximum atomic E-state index is 12.0. The van der Waals surface area contributed by atoms with E-state index in [1.807, 2.05) is 13.0 Å². The number of carbonyl (C=O) groups excluding carboxylic acids is 1. The van der Waals surface area contributed by atoms with Crippen molar-refractivity contribution in [3.8, 4) is 5.75 Å². The van der Waals surface area contributed by atoms with Gasteiger partial charge in [-0.25, -0.2) is 0 Å². The Labute approximate surface area is 129 Å². The van der Waals surface area contributed by atoms with E-state index in [1.165, 1.54) is 0 Å². The molecule has 1 amide bonds. The summed E-state index contributed by atoms with van der Waals surface area (Å²) in [5, 5.41) is 2.93. The van der Waals surface area contributed by atoms with Crippen LogP contribution in [-0.2, 0) is 0 Å². The average molecular weight is 343 g/mol. The van der Waals surface area contributed by atoms with Gasteiger partial charge in [-0.05, 0) is 54.1 Å². The van der Waals surface area contributed by atoms with Gasteiger partial charge in [-0.15, -0.1) is 0 Å². The fourth-order valence-corrected chi connectivity index (χ4v) is 2.38. The lowest BCUT2D eigenvalue weighted by atomic mass is 10.2. The van der Waals surface area contributed by atoms with Crippen LogP contribution in [-0.4, -0.2) is 43.6 Å². The van der Waals surface area contributed by atoms with Crippen LogP contribution in [0, 0.1) is 0 Å². The predicted octanol–water partition coefficient (Wildman–Crippen LogP) is 2.92. The smallest absolute Gasteiger partial charge is 0.251 e. The van der Waals surface area contributed by atoms with Gasteiger partial charge in [0.15, 0.2) is 0 Å². The molecule has 0 aliphatic rings. The summed E-state index contributed by atoms with van der Waals surface area (Å²) in [5.74, 6) is 0.702. The summed E-state index contributed by atoms with van der Waals surface area (Å²) in [6.07, 6.45) is 0. The number of halogens is 1. The molecule has 0 spiro atoms. The van der Waals surface area contributed by atoms with Crippen molar-refractivity contribution >= 4 is 21.8 Å². The highest BCUT2D eigenvalue weighted by Crippen LogP contribution is 2.25. The van der Waals surface area contributed by atoms with Gasteiger partial charge >= 0.3 is 0 Å². The fourth-order valence-electron chi connectivity index (χ4n) is 1.88. The Hall–Kier alpha value is -1.07. The minimum atomic E-state index is -0.0547. The lowest BCUT2D eigenvalue weighted by Crippen LogP contribution is -2.34. The zero-order valence-electron chi connectivity index (χ0n) is 12.4. The standard InChI is InChI=1S/C15H23BrN2O2/c1-4-18(5-2)10-9-17-15(19)12-7-8-14(20-6-3)13(16)11-12/h7-8,11H,4-6,9-10H2,1-3H3,(H,17,19). The molecule has 4 nitrogen and oxygen atoms in total. The van der Waals surface area contributed by atoms with E-state index in [1.54, 1.807) is 12.1 Å². The number of ether oxygens (including phenoxy) is 1. The van der Waals surface area contributed by atoms with Crippen LogP contribution < -0.4 is 10.1 Å². The van der Waals surface area contributed by atoms with Crippen LogP contribution in [0.25, 0.3) is 0 Å². The molecule has 0 heterocycles. The van der Waals surface area contributed by atoms with E-state index < -0.39 is 0 Å². The van der Waals surface area contributed by atoms with E-state index in [0.29, 0.717) is 18.7 Å². The topological polar surface area (TPSA) is 41.6 Å². The van der Waals surface area contributed by atoms with Crippen LogP contribution in [0.5, 0.6) is 5.75 Å². The molecule has 1 rings (SSSR count). The number of amides is 1. The molecular formula is C15H23BrN2O2. The SMILES string of the molecule is CCOc1ccc(C(=O)NCCN(CC)CC)cc1Br. The normalized spacial score (nSPS) is 10.7. The van der Waals surface area contributed by atoms with Crippen LogP contribution in [0.4, 0.5) is 0 Å². The first kappa shape index (κ1) is 17.0. The van der Waals surface area contributed by atoms with E-state index in [2.05, 4.69) is 40.0 Å². The molecule has 0 unspecified atom stereocenters. The molecule has 0 saturated heterocycles. The first-order valence-corrected chi connectivity index (χ1v) is 7.84. The van der Waals surface area contributed by atoms with E-state index in [0.717, 1.165) is 29.9 Å². The largest absolute Gasteiger partial charge is 0.493 e. The third-order valence-electron chi connectivity index (χ3n) is 3.10. The minimum Gasteiger partial charge on any atom is -0.493 e. The van der Waals surface area contributed by atoms with Crippen LogP contribution >= 0.6 is 15.9 Å². The molecule has 0 radical (unpaired) electrons. The molecule has 0 fully saturated rings. The third-order valence-corrected chi connectivity index (χ3v) is 3.72. The lowest BCUT2D eigenvalue weighted by Gasteiger charge is -2.18. The van der Waals surface area contributed by atoms with Crippen molar-refractivity contribution in [3.63, 3.8) is 0 Å². The van der Waals surface area contributed by atoms with Crippen LogP contribution in [0.1, 0.15) is 31.1 Å². The Bertz CT molecular complexity index is 434. The Morgan fingerprint density at radius 2 is 2.00 bits per heavy atom. The van der Waals surface area contributed by atoms with E-state index in [-0.39, 0.29) is 5.91 Å². The second-order valence-electron chi connectivity index (χ2n) is 4.36. The van der Waals surface area contributed by atoms with Gasteiger partial charge in [0, 0.05) is 18.7 Å². The van der Waals surface area contributed by atoms with Crippen LogP contribution in [0.15, 0.2) is 22.7 Å². The second kappa shape index (κ2) is 8.97. The van der Waals surface area contributed by atoms with Gasteiger partial charge in [0.05, 0.1) is 11.1 Å². The van der Waals surface area contributed by atoms with Gasteiger partial charge in [0.25, 0.3) is 5.91 Å². The van der Waals surface area contributed by atoms with Gasteiger partial charge in [0.2, 0.25) is 0 Å². The second-order valence-corrected chi connectivity index (χ2v) is 5.22. The molecule has 0 aromatic heterocycles. The average Bonchev–Trinajstić information content (AvgIpc) is 2.45. The van der Waals surface area contributed by atoms with Gasteiger partial charge in [-0.2, -0.15) is 0 Å². The monoisotopic (exact) mass is 342 g/mol. The first-order chi connectivity index (χ1) is 9.62. The molecule has 5 heteroatoms. The van der Waals surface area contributed by atoms with E-state index >= 15 is 0 Å². The van der Waals surface area contributed by atoms with Crippen LogP contribution in [0.3, 0.4) is 0 Å². The molecule has 112 valence electrons. The van der Waals surface area contributed by atoms with E-state index in [4.69, 9.17) is 4.74 Å². The summed E-state index contributed by atoms with van der Waals surface area (Å²) < 4.78 is 6.23. The number of nitrogens with one attached hydrogen (secondary N) is 1. The zero-order chi connectivity index (χ0) is 15.0. The maximum Gasteiger partial charge on any atom is 0.251 e. The van der Waals surface area contributed by atoms with Crippen molar-refractivity contribution in [1.82, 2.24) is 10.2 Å². The zero-order valence-corrected chi connectivity index (χ0v) is 14.0. The third kappa shape index (κ3) is 5.13. The molecule has 0 bridgehead atoms. The summed E-state index contributed by atoms with van der Waals surface area (Å²) in [6.45, 7) is 10.3. The van der Waals surface area contributed by atoms with E-state index in [9.17, 15) is 4.79 Å². The number of likely N-dealkylation sites (N-methyl/N-ethyl adjacent to an activating group) is 1. The van der Waals surface area contributed by atoms with Crippen molar-refractivity contribution in [3.05, 3.63) is 28.2 Å². The Morgan fingerprint density at radius 3 is 2.55 bits per heavy atom. The van der Waals surface area contributed by atoms with Gasteiger partial charge in [-0.3, -0.25) is 4.79 Å². The molecule has 0 aliphatic heterocycles. The van der Waals surface area contributed by atoms with Gasteiger partial charge in [-0.1, -0.05) is 13.8 Å². The Kier molecular flexibility index (Phi) is 7.62. The molecular weight excluding hydrogens is 320 g/mol. The molecule has 1 aromatic rings. The lowest BCUT2D eigenvalue weighted by molar-refractivity contribution is 0.0949. The predicted molar refractivity (Wildman–Crippen MR) is 85.4 cm³/mol. The molecule has 20 heavy (non-hydrogen) atoms. The number of nitrogens with zero attached hydrogens (tertiary/aromatic N) is 1. The minimum absolute atomic E-state index is 0.0547. The summed E-state index contributed by atoms with van der Waals surface area (Å²) in [5.41, 5.74) is 0.639. The van der Waals surface area contributed by atoms with Crippen molar-refractivity contribution in [2.45, 2.75) is 20.8 Å². The number of hydrogen-bond donors (Lipinski definition) is 1. The highest BCUT2D eigenvalue weighted by Gasteiger charge is 2.09. The molecule has 1 N–H and O–H groups in total. The highest BCUT2D eigenvalue weighted by atomic mass is 79.9.